The molecule has 2 aromatic rings. The van der Waals surface area contributed by atoms with E-state index in [-0.39, 0.29) is 0 Å². The first-order chi connectivity index (χ1) is 12.9. The molecule has 1 N–H and O–H groups in total. The van der Waals surface area contributed by atoms with Gasteiger partial charge in [-0.15, -0.1) is 0 Å². The normalized spacial score (nSPS) is 16.5. The molecule has 1 saturated carbocycles. The molecule has 0 amide bonds. The van der Waals surface area contributed by atoms with Gasteiger partial charge in [-0.05, 0) is 37.1 Å². The van der Waals surface area contributed by atoms with Gasteiger partial charge in [0, 0.05) is 6.04 Å². The van der Waals surface area contributed by atoms with Gasteiger partial charge in [0.1, 0.15) is 0 Å². The van der Waals surface area contributed by atoms with Crippen LogP contribution in [0.1, 0.15) is 38.1 Å². The summed E-state index contributed by atoms with van der Waals surface area (Å²) in [5, 5.41) is 0. The summed E-state index contributed by atoms with van der Waals surface area (Å²) in [6.45, 7) is 0. The van der Waals surface area contributed by atoms with Gasteiger partial charge in [0.15, 0.2) is 0 Å². The van der Waals surface area contributed by atoms with Crippen molar-refractivity contribution in [1.29, 1.82) is 0 Å². The Labute approximate surface area is 151 Å². The van der Waals surface area contributed by atoms with E-state index in [1.54, 1.807) is 0 Å². The fraction of sp³-hybridized carbons (Fsp3) is 0.286. The van der Waals surface area contributed by atoms with Crippen molar-refractivity contribution >= 4 is 17.0 Å². The fourth-order valence-corrected chi connectivity index (χ4v) is 3.96. The van der Waals surface area contributed by atoms with Crippen LogP contribution in [0.15, 0.2) is 59.6 Å². The number of hydrogen-bond donors (Lipinski definition) is 1. The standard InChI is InChI=1S/C21H21N5/c1-3-9-15(10-4-1)26-19-14-6-2-5-13-18(19)24-21(26)25-20-22-16-11-7-8-12-17(16)23-20/h2,5-8,11-15H,1,3-4,9-10H2,(H,22,23)/b25-21+. The van der Waals surface area contributed by atoms with Gasteiger partial charge in [0.25, 0.3) is 0 Å². The maximum absolute atomic E-state index is 4.83. The van der Waals surface area contributed by atoms with Gasteiger partial charge >= 0.3 is 0 Å². The summed E-state index contributed by atoms with van der Waals surface area (Å²) in [6, 6.07) is 18.8. The minimum Gasteiger partial charge on any atom is -0.322 e. The number of imidazole rings is 2. The van der Waals surface area contributed by atoms with Crippen LogP contribution in [-0.2, 0) is 0 Å². The number of aromatic amines is 1. The number of fused-ring (bicyclic) bond motifs is 2. The number of hydrogen-bond acceptors (Lipinski definition) is 3. The molecule has 3 aliphatic rings. The van der Waals surface area contributed by atoms with Crippen LogP contribution >= 0.6 is 0 Å². The minimum absolute atomic E-state index is 0.458. The molecule has 0 spiro atoms. The molecule has 5 nitrogen and oxygen atoms in total. The van der Waals surface area contributed by atoms with Crippen LogP contribution in [0.25, 0.3) is 22.4 Å². The monoisotopic (exact) mass is 343 g/mol. The fourth-order valence-electron chi connectivity index (χ4n) is 3.96. The second-order valence-electron chi connectivity index (χ2n) is 6.94. The molecule has 0 bridgehead atoms. The smallest absolute Gasteiger partial charge is 0.234 e. The second-order valence-corrected chi connectivity index (χ2v) is 6.94. The Morgan fingerprint density at radius 3 is 2.58 bits per heavy atom. The summed E-state index contributed by atoms with van der Waals surface area (Å²) in [4.78, 5) is 17.5. The molecule has 0 saturated heterocycles. The van der Waals surface area contributed by atoms with Crippen molar-refractivity contribution in [3.8, 4) is 11.4 Å². The average Bonchev–Trinajstić information content (AvgIpc) is 3.15. The van der Waals surface area contributed by atoms with Gasteiger partial charge in [-0.2, -0.15) is 4.99 Å². The maximum atomic E-state index is 4.83. The third kappa shape index (κ3) is 2.69. The summed E-state index contributed by atoms with van der Waals surface area (Å²) < 4.78 is 2.32. The number of aromatic nitrogens is 4. The van der Waals surface area contributed by atoms with Crippen LogP contribution in [0.5, 0.6) is 0 Å². The van der Waals surface area contributed by atoms with Crippen LogP contribution in [0.2, 0.25) is 0 Å². The lowest BCUT2D eigenvalue weighted by atomic mass is 9.95. The molecule has 2 heterocycles. The maximum Gasteiger partial charge on any atom is 0.234 e. The van der Waals surface area contributed by atoms with Crippen molar-refractivity contribution in [2.45, 2.75) is 38.1 Å². The third-order valence-corrected chi connectivity index (χ3v) is 5.21. The third-order valence-electron chi connectivity index (χ3n) is 5.21. The Bertz CT molecular complexity index is 1050. The zero-order chi connectivity index (χ0) is 17.3. The summed E-state index contributed by atoms with van der Waals surface area (Å²) in [5.41, 5.74) is 4.81. The second kappa shape index (κ2) is 6.41. The first-order valence-corrected chi connectivity index (χ1v) is 9.35. The first-order valence-electron chi connectivity index (χ1n) is 9.35. The van der Waals surface area contributed by atoms with E-state index in [1.165, 1.54) is 32.1 Å². The highest BCUT2D eigenvalue weighted by Crippen LogP contribution is 2.31. The Morgan fingerprint density at radius 2 is 1.69 bits per heavy atom. The SMILES string of the molecule is c1ccc2n/c(=N\c3nc4ccccc4[nH]3)n(C3CCCCC3)c-2cc1. The Kier molecular flexibility index (Phi) is 3.77. The van der Waals surface area contributed by atoms with E-state index in [4.69, 9.17) is 9.98 Å². The van der Waals surface area contributed by atoms with E-state index in [0.717, 1.165) is 28.0 Å². The molecular weight excluding hydrogens is 322 g/mol. The Morgan fingerprint density at radius 1 is 0.885 bits per heavy atom. The van der Waals surface area contributed by atoms with Gasteiger partial charge in [0.2, 0.25) is 11.6 Å². The number of H-pyrrole nitrogens is 1. The first kappa shape index (κ1) is 15.3. The van der Waals surface area contributed by atoms with E-state index < -0.39 is 0 Å². The highest BCUT2D eigenvalue weighted by Gasteiger charge is 2.22. The number of benzene rings is 1. The summed E-state index contributed by atoms with van der Waals surface area (Å²) >= 11 is 0. The van der Waals surface area contributed by atoms with E-state index in [1.807, 2.05) is 36.4 Å². The van der Waals surface area contributed by atoms with Crippen molar-refractivity contribution in [1.82, 2.24) is 19.5 Å². The van der Waals surface area contributed by atoms with E-state index in [0.29, 0.717) is 12.0 Å². The molecule has 0 unspecified atom stereocenters. The molecule has 2 aliphatic carbocycles. The van der Waals surface area contributed by atoms with Crippen molar-refractivity contribution in [3.63, 3.8) is 0 Å². The van der Waals surface area contributed by atoms with Gasteiger partial charge in [-0.1, -0.05) is 49.6 Å². The molecule has 5 rings (SSSR count). The van der Waals surface area contributed by atoms with Gasteiger partial charge in [0.05, 0.1) is 22.4 Å². The topological polar surface area (TPSA) is 58.9 Å². The summed E-state index contributed by atoms with van der Waals surface area (Å²) in [6.07, 6.45) is 6.24. The molecule has 1 fully saturated rings. The highest BCUT2D eigenvalue weighted by atomic mass is 15.2. The Hall–Kier alpha value is -2.95. The quantitative estimate of drug-likeness (QED) is 0.578. The van der Waals surface area contributed by atoms with Gasteiger partial charge in [-0.25, -0.2) is 9.97 Å². The van der Waals surface area contributed by atoms with Crippen LogP contribution in [0.4, 0.5) is 5.95 Å². The minimum atomic E-state index is 0.458. The Balaban J connectivity index is 1.71. The zero-order valence-electron chi connectivity index (χ0n) is 14.6. The van der Waals surface area contributed by atoms with Crippen molar-refractivity contribution in [3.05, 3.63) is 60.2 Å². The zero-order valence-corrected chi connectivity index (χ0v) is 14.6. The van der Waals surface area contributed by atoms with E-state index in [9.17, 15) is 0 Å². The lowest BCUT2D eigenvalue weighted by Gasteiger charge is -2.24. The molecule has 1 aliphatic heterocycles. The molecule has 1 aromatic carbocycles. The molecule has 130 valence electrons. The average molecular weight is 343 g/mol. The van der Waals surface area contributed by atoms with Gasteiger partial charge in [-0.3, -0.25) is 0 Å². The molecule has 0 radical (unpaired) electrons. The predicted molar refractivity (Wildman–Crippen MR) is 102 cm³/mol. The van der Waals surface area contributed by atoms with Crippen molar-refractivity contribution in [2.75, 3.05) is 0 Å². The van der Waals surface area contributed by atoms with Crippen LogP contribution in [-0.4, -0.2) is 19.5 Å². The van der Waals surface area contributed by atoms with Crippen LogP contribution in [0, 0.1) is 0 Å². The molecular formula is C21H21N5. The lowest BCUT2D eigenvalue weighted by molar-refractivity contribution is 0.348. The largest absolute Gasteiger partial charge is 0.322 e. The van der Waals surface area contributed by atoms with Crippen LogP contribution in [0.3, 0.4) is 0 Å². The van der Waals surface area contributed by atoms with Crippen molar-refractivity contribution < 1.29 is 0 Å². The molecule has 5 heteroatoms. The molecule has 26 heavy (non-hydrogen) atoms. The number of rotatable bonds is 2. The van der Waals surface area contributed by atoms with Crippen LogP contribution < -0.4 is 5.62 Å². The summed E-state index contributed by atoms with van der Waals surface area (Å²) in [7, 11) is 0. The lowest BCUT2D eigenvalue weighted by Crippen LogP contribution is -2.25. The van der Waals surface area contributed by atoms with E-state index in [2.05, 4.69) is 32.7 Å². The predicted octanol–water partition coefficient (Wildman–Crippen LogP) is 4.60. The van der Waals surface area contributed by atoms with E-state index >= 15 is 0 Å². The van der Waals surface area contributed by atoms with Gasteiger partial charge < -0.3 is 9.55 Å². The van der Waals surface area contributed by atoms with Crippen molar-refractivity contribution in [2.24, 2.45) is 4.99 Å². The number of para-hydroxylation sites is 2. The number of nitrogens with one attached hydrogen (secondary N) is 1. The highest BCUT2D eigenvalue weighted by molar-refractivity contribution is 5.76. The molecule has 0 atom stereocenters. The molecule has 1 aromatic heterocycles. The number of nitrogens with zero attached hydrogens (tertiary/aromatic N) is 4. The summed E-state index contributed by atoms with van der Waals surface area (Å²) in [5.74, 6) is 0.614.